The van der Waals surface area contributed by atoms with Crippen molar-refractivity contribution in [3.63, 3.8) is 0 Å². The molecular formula is C26H33N3O5S. The normalized spacial score (nSPS) is 15.5. The fourth-order valence-corrected chi connectivity index (χ4v) is 5.63. The number of hydrogen-bond donors (Lipinski definition) is 1. The van der Waals surface area contributed by atoms with E-state index in [1.807, 2.05) is 58.9 Å². The van der Waals surface area contributed by atoms with Crippen LogP contribution in [0.4, 0.5) is 0 Å². The van der Waals surface area contributed by atoms with Gasteiger partial charge in [0.15, 0.2) is 0 Å². The second-order valence-electron chi connectivity index (χ2n) is 9.80. The first-order valence-electron chi connectivity index (χ1n) is 11.7. The first-order chi connectivity index (χ1) is 16.3. The minimum atomic E-state index is -4.01. The molecule has 3 amide bonds. The Hall–Kier alpha value is -3.20. The number of nitrogens with zero attached hydrogens (tertiary/aromatic N) is 2. The molecular weight excluding hydrogens is 466 g/mol. The summed E-state index contributed by atoms with van der Waals surface area (Å²) in [4.78, 5) is 40.7. The molecule has 3 rings (SSSR count). The number of nitrogens with one attached hydrogen (secondary N) is 1. The number of fused-ring (bicyclic) bond motifs is 1. The molecule has 0 radical (unpaired) electrons. The summed E-state index contributed by atoms with van der Waals surface area (Å²) in [6.07, 6.45) is 0.149. The molecule has 0 aliphatic carbocycles. The lowest BCUT2D eigenvalue weighted by Gasteiger charge is -2.33. The molecule has 1 atom stereocenters. The zero-order chi connectivity index (χ0) is 26.0. The molecule has 0 unspecified atom stereocenters. The molecule has 8 nitrogen and oxygen atoms in total. The molecule has 0 fully saturated rings. The Morgan fingerprint density at radius 2 is 1.69 bits per heavy atom. The minimum absolute atomic E-state index is 0.0510. The van der Waals surface area contributed by atoms with E-state index >= 15 is 0 Å². The highest BCUT2D eigenvalue weighted by Gasteiger charge is 2.41. The SMILES string of the molecule is CC[C@@H](C(=O)NC(C)(C)C)N(Cc1ccc(C)cc1)C(=O)CCN1C(=O)c2ccccc2S1(=O)=O. The van der Waals surface area contributed by atoms with Crippen molar-refractivity contribution in [3.8, 4) is 0 Å². The number of benzene rings is 2. The first kappa shape index (κ1) is 26.4. The van der Waals surface area contributed by atoms with Crippen molar-refractivity contribution in [2.75, 3.05) is 6.54 Å². The van der Waals surface area contributed by atoms with Crippen molar-refractivity contribution in [2.45, 2.75) is 70.5 Å². The van der Waals surface area contributed by atoms with Crippen LogP contribution in [0.1, 0.15) is 62.0 Å². The van der Waals surface area contributed by atoms with Crippen LogP contribution in [0.25, 0.3) is 0 Å². The van der Waals surface area contributed by atoms with Gasteiger partial charge in [-0.05, 0) is 51.8 Å². The van der Waals surface area contributed by atoms with Crippen LogP contribution in [0.15, 0.2) is 53.4 Å². The van der Waals surface area contributed by atoms with Crippen molar-refractivity contribution < 1.29 is 22.8 Å². The highest BCUT2D eigenvalue weighted by molar-refractivity contribution is 7.90. The number of rotatable bonds is 8. The van der Waals surface area contributed by atoms with Gasteiger partial charge in [-0.2, -0.15) is 0 Å². The van der Waals surface area contributed by atoms with Gasteiger partial charge in [0.25, 0.3) is 15.9 Å². The van der Waals surface area contributed by atoms with E-state index in [9.17, 15) is 22.8 Å². The average molecular weight is 500 g/mol. The summed E-state index contributed by atoms with van der Waals surface area (Å²) in [6, 6.07) is 12.9. The predicted molar refractivity (Wildman–Crippen MR) is 133 cm³/mol. The number of aryl methyl sites for hydroxylation is 1. The van der Waals surface area contributed by atoms with E-state index in [-0.39, 0.29) is 35.9 Å². The third-order valence-corrected chi connectivity index (χ3v) is 7.64. The number of carbonyl (C=O) groups is 3. The van der Waals surface area contributed by atoms with Gasteiger partial charge < -0.3 is 10.2 Å². The fraction of sp³-hybridized carbons (Fsp3) is 0.423. The summed E-state index contributed by atoms with van der Waals surface area (Å²) in [5.74, 6) is -1.32. The third kappa shape index (κ3) is 5.90. The monoisotopic (exact) mass is 499 g/mol. The quantitative estimate of drug-likeness (QED) is 0.601. The maximum Gasteiger partial charge on any atom is 0.269 e. The molecule has 35 heavy (non-hydrogen) atoms. The fourth-order valence-electron chi connectivity index (χ4n) is 4.06. The van der Waals surface area contributed by atoms with Crippen LogP contribution in [0.3, 0.4) is 0 Å². The van der Waals surface area contributed by atoms with Gasteiger partial charge in [0.1, 0.15) is 10.9 Å². The summed E-state index contributed by atoms with van der Waals surface area (Å²) in [6.45, 7) is 9.28. The Morgan fingerprint density at radius 1 is 1.06 bits per heavy atom. The molecule has 1 aliphatic heterocycles. The summed E-state index contributed by atoms with van der Waals surface area (Å²) in [5.41, 5.74) is 1.54. The Bertz CT molecular complexity index is 1220. The van der Waals surface area contributed by atoms with Gasteiger partial charge in [-0.15, -0.1) is 0 Å². The van der Waals surface area contributed by atoms with E-state index in [1.165, 1.54) is 17.0 Å². The standard InChI is InChI=1S/C26H33N3O5S/c1-6-21(24(31)27-26(3,4)5)28(17-19-13-11-18(2)12-14-19)23(30)15-16-29-25(32)20-9-7-8-10-22(20)35(29,33)34/h7-14,21H,6,15-17H2,1-5H3,(H,27,31)/t21-/m0/s1. The van der Waals surface area contributed by atoms with Gasteiger partial charge in [-0.1, -0.05) is 48.9 Å². The number of hydrogen-bond acceptors (Lipinski definition) is 5. The Morgan fingerprint density at radius 3 is 2.26 bits per heavy atom. The van der Waals surface area contributed by atoms with E-state index in [0.717, 1.165) is 15.4 Å². The van der Waals surface area contributed by atoms with Crippen molar-refractivity contribution >= 4 is 27.7 Å². The predicted octanol–water partition coefficient (Wildman–Crippen LogP) is 3.25. The van der Waals surface area contributed by atoms with Crippen molar-refractivity contribution in [1.29, 1.82) is 0 Å². The minimum Gasteiger partial charge on any atom is -0.350 e. The van der Waals surface area contributed by atoms with Crippen LogP contribution < -0.4 is 5.32 Å². The van der Waals surface area contributed by atoms with Crippen LogP contribution >= 0.6 is 0 Å². The van der Waals surface area contributed by atoms with Crippen molar-refractivity contribution in [3.05, 3.63) is 65.2 Å². The van der Waals surface area contributed by atoms with Gasteiger partial charge in [-0.25, -0.2) is 12.7 Å². The van der Waals surface area contributed by atoms with Crippen LogP contribution in [0, 0.1) is 6.92 Å². The summed E-state index contributed by atoms with van der Waals surface area (Å²) in [7, 11) is -4.01. The molecule has 188 valence electrons. The molecule has 0 bridgehead atoms. The van der Waals surface area contributed by atoms with E-state index in [1.54, 1.807) is 12.1 Å². The molecule has 0 aromatic heterocycles. The molecule has 1 N–H and O–H groups in total. The van der Waals surface area contributed by atoms with Gasteiger partial charge >= 0.3 is 0 Å². The van der Waals surface area contributed by atoms with E-state index in [0.29, 0.717) is 6.42 Å². The molecule has 0 spiro atoms. The molecule has 1 aliphatic rings. The summed E-state index contributed by atoms with van der Waals surface area (Å²) < 4.78 is 26.5. The summed E-state index contributed by atoms with van der Waals surface area (Å²) in [5, 5.41) is 2.94. The van der Waals surface area contributed by atoms with Gasteiger partial charge in [-0.3, -0.25) is 14.4 Å². The second-order valence-corrected chi connectivity index (χ2v) is 11.6. The lowest BCUT2D eigenvalue weighted by atomic mass is 10.0. The molecule has 1 heterocycles. The van der Waals surface area contributed by atoms with Crippen LogP contribution in [-0.2, 0) is 26.2 Å². The van der Waals surface area contributed by atoms with Gasteiger partial charge in [0, 0.05) is 25.0 Å². The Labute approximate surface area is 207 Å². The van der Waals surface area contributed by atoms with E-state index in [2.05, 4.69) is 5.32 Å². The Balaban J connectivity index is 1.84. The number of carbonyl (C=O) groups excluding carboxylic acids is 3. The largest absolute Gasteiger partial charge is 0.350 e. The average Bonchev–Trinajstić information content (AvgIpc) is 2.97. The maximum absolute atomic E-state index is 13.4. The van der Waals surface area contributed by atoms with E-state index in [4.69, 9.17) is 0 Å². The topological polar surface area (TPSA) is 104 Å². The molecule has 0 saturated carbocycles. The number of sulfonamides is 1. The van der Waals surface area contributed by atoms with Crippen LogP contribution in [0.5, 0.6) is 0 Å². The van der Waals surface area contributed by atoms with Gasteiger partial charge in [0.05, 0.1) is 5.56 Å². The summed E-state index contributed by atoms with van der Waals surface area (Å²) >= 11 is 0. The molecule has 9 heteroatoms. The van der Waals surface area contributed by atoms with E-state index < -0.39 is 33.4 Å². The zero-order valence-electron chi connectivity index (χ0n) is 20.9. The third-order valence-electron chi connectivity index (χ3n) is 5.80. The van der Waals surface area contributed by atoms with Crippen LogP contribution in [0.2, 0.25) is 0 Å². The maximum atomic E-state index is 13.4. The van der Waals surface area contributed by atoms with Crippen LogP contribution in [-0.4, -0.2) is 53.5 Å². The lowest BCUT2D eigenvalue weighted by molar-refractivity contribution is -0.142. The highest BCUT2D eigenvalue weighted by Crippen LogP contribution is 2.30. The van der Waals surface area contributed by atoms with Gasteiger partial charge in [0.2, 0.25) is 11.8 Å². The smallest absolute Gasteiger partial charge is 0.269 e. The lowest BCUT2D eigenvalue weighted by Crippen LogP contribution is -2.53. The number of amides is 3. The Kier molecular flexibility index (Phi) is 7.69. The highest BCUT2D eigenvalue weighted by atomic mass is 32.2. The van der Waals surface area contributed by atoms with Crippen molar-refractivity contribution in [2.24, 2.45) is 0 Å². The van der Waals surface area contributed by atoms with Crippen molar-refractivity contribution in [1.82, 2.24) is 14.5 Å². The first-order valence-corrected chi connectivity index (χ1v) is 13.1. The zero-order valence-corrected chi connectivity index (χ0v) is 21.7. The molecule has 2 aromatic carbocycles. The second kappa shape index (κ2) is 10.2. The molecule has 0 saturated heterocycles. The molecule has 2 aromatic rings.